The van der Waals surface area contributed by atoms with E-state index in [1.807, 2.05) is 12.1 Å². The lowest BCUT2D eigenvalue weighted by molar-refractivity contribution is -0.0680. The van der Waals surface area contributed by atoms with E-state index < -0.39 is 11.6 Å². The van der Waals surface area contributed by atoms with Gasteiger partial charge < -0.3 is 15.6 Å². The molecule has 3 N–H and O–H groups in total. The molecule has 2 aromatic rings. The van der Waals surface area contributed by atoms with E-state index in [0.717, 1.165) is 18.4 Å². The highest BCUT2D eigenvalue weighted by molar-refractivity contribution is 5.91. The van der Waals surface area contributed by atoms with Gasteiger partial charge in [-0.05, 0) is 30.5 Å². The number of rotatable bonds is 2. The van der Waals surface area contributed by atoms with Gasteiger partial charge in [0.05, 0.1) is 5.60 Å². The highest BCUT2D eigenvalue weighted by atomic mass is 16.5. The molecule has 0 unspecified atom stereocenters. The van der Waals surface area contributed by atoms with E-state index >= 15 is 0 Å². The molecule has 4 heterocycles. The van der Waals surface area contributed by atoms with Gasteiger partial charge in [-0.15, -0.1) is 0 Å². The first-order valence-electron chi connectivity index (χ1n) is 9.29. The molecule has 0 aliphatic carbocycles. The Morgan fingerprint density at radius 2 is 2.11 bits per heavy atom. The maximum atomic E-state index is 11.7. The van der Waals surface area contributed by atoms with Crippen LogP contribution in [0.3, 0.4) is 0 Å². The molecule has 144 valence electrons. The quantitative estimate of drug-likeness (QED) is 0.820. The molecule has 0 aromatic carbocycles. The first-order valence-corrected chi connectivity index (χ1v) is 9.29. The van der Waals surface area contributed by atoms with E-state index in [-0.39, 0.29) is 5.69 Å². The van der Waals surface area contributed by atoms with Gasteiger partial charge in [0.1, 0.15) is 11.9 Å². The van der Waals surface area contributed by atoms with Gasteiger partial charge in [0.25, 0.3) is 0 Å². The number of nitrogens with zero attached hydrogens (tertiary/aromatic N) is 4. The molecular formula is C20H21N5O3. The molecule has 0 atom stereocenters. The number of fused-ring (bicyclic) bond motifs is 1. The van der Waals surface area contributed by atoms with Crippen molar-refractivity contribution in [2.45, 2.75) is 31.3 Å². The summed E-state index contributed by atoms with van der Waals surface area (Å²) in [5.74, 6) is 0.450. The molecule has 0 bridgehead atoms. The van der Waals surface area contributed by atoms with Crippen molar-refractivity contribution in [2.24, 2.45) is 5.73 Å². The summed E-state index contributed by atoms with van der Waals surface area (Å²) in [7, 11) is 0. The summed E-state index contributed by atoms with van der Waals surface area (Å²) in [5.41, 5.74) is 7.58. The third-order valence-corrected chi connectivity index (χ3v) is 5.44. The van der Waals surface area contributed by atoms with E-state index in [1.54, 1.807) is 12.4 Å². The number of aryl methyl sites for hydroxylation is 1. The smallest absolute Gasteiger partial charge is 0.320 e. The predicted octanol–water partition coefficient (Wildman–Crippen LogP) is 1.84. The van der Waals surface area contributed by atoms with Crippen LogP contribution in [0.5, 0.6) is 0 Å². The molecule has 4 rings (SSSR count). The van der Waals surface area contributed by atoms with Crippen LogP contribution in [0.2, 0.25) is 0 Å². The Balaban J connectivity index is 1.79. The lowest BCUT2D eigenvalue weighted by atomic mass is 9.86. The Kier molecular flexibility index (Phi) is 4.71. The van der Waals surface area contributed by atoms with E-state index in [4.69, 9.17) is 10.5 Å². The number of carbonyl (C=O) groups is 1. The number of nitrogens with two attached hydrogens (primary N) is 1. The Hall–Kier alpha value is -3.02. The standard InChI is InChI=1S/C20H21N5O3/c21-10-17-16(9-13-2-1-5-25(19(22)26)18(13)24-17)14-8-15(12-23-11-14)20(27)3-6-28-7-4-20/h8-9,11-12,27H,1-7H2,(H2,22,26). The topological polar surface area (TPSA) is 125 Å². The number of urea groups is 1. The van der Waals surface area contributed by atoms with Crippen LogP contribution in [0.25, 0.3) is 11.1 Å². The average molecular weight is 379 g/mol. The molecule has 8 nitrogen and oxygen atoms in total. The van der Waals surface area contributed by atoms with Crippen LogP contribution in [0.4, 0.5) is 10.6 Å². The van der Waals surface area contributed by atoms with Crippen molar-refractivity contribution in [3.05, 3.63) is 41.3 Å². The lowest BCUT2D eigenvalue weighted by Gasteiger charge is -2.32. The summed E-state index contributed by atoms with van der Waals surface area (Å²) < 4.78 is 5.35. The zero-order valence-electron chi connectivity index (χ0n) is 15.4. The van der Waals surface area contributed by atoms with Crippen molar-refractivity contribution in [3.8, 4) is 17.2 Å². The molecule has 2 aromatic heterocycles. The fraction of sp³-hybridized carbons (Fsp3) is 0.400. The van der Waals surface area contributed by atoms with Crippen molar-refractivity contribution in [1.29, 1.82) is 5.26 Å². The van der Waals surface area contributed by atoms with E-state index in [1.165, 1.54) is 4.90 Å². The summed E-state index contributed by atoms with van der Waals surface area (Å²) in [6.07, 6.45) is 5.84. The number of aliphatic hydroxyl groups is 1. The van der Waals surface area contributed by atoms with E-state index in [9.17, 15) is 15.2 Å². The normalized spacial score (nSPS) is 18.2. The minimum atomic E-state index is -0.988. The maximum Gasteiger partial charge on any atom is 0.320 e. The van der Waals surface area contributed by atoms with Gasteiger partial charge in [-0.3, -0.25) is 9.88 Å². The fourth-order valence-corrected chi connectivity index (χ4v) is 3.86. The highest BCUT2D eigenvalue weighted by Gasteiger charge is 2.32. The predicted molar refractivity (Wildman–Crippen MR) is 101 cm³/mol. The number of aromatic nitrogens is 2. The van der Waals surface area contributed by atoms with Gasteiger partial charge in [0, 0.05) is 61.7 Å². The van der Waals surface area contributed by atoms with Gasteiger partial charge in [0.15, 0.2) is 5.69 Å². The summed E-state index contributed by atoms with van der Waals surface area (Å²) >= 11 is 0. The third kappa shape index (κ3) is 3.19. The summed E-state index contributed by atoms with van der Waals surface area (Å²) in [6.45, 7) is 1.48. The molecule has 0 radical (unpaired) electrons. The summed E-state index contributed by atoms with van der Waals surface area (Å²) in [6, 6.07) is 5.28. The number of ether oxygens (including phenoxy) is 1. The first kappa shape index (κ1) is 18.3. The minimum absolute atomic E-state index is 0.199. The minimum Gasteiger partial charge on any atom is -0.385 e. The third-order valence-electron chi connectivity index (χ3n) is 5.44. The van der Waals surface area contributed by atoms with Crippen LogP contribution in [0.15, 0.2) is 24.5 Å². The number of nitriles is 1. The van der Waals surface area contributed by atoms with Crippen LogP contribution < -0.4 is 10.6 Å². The van der Waals surface area contributed by atoms with Gasteiger partial charge in [-0.25, -0.2) is 9.78 Å². The monoisotopic (exact) mass is 379 g/mol. The van der Waals surface area contributed by atoms with Crippen LogP contribution in [0, 0.1) is 11.3 Å². The molecule has 8 heteroatoms. The number of hydrogen-bond acceptors (Lipinski definition) is 6. The SMILES string of the molecule is N#Cc1nc2c(cc1-c1cncc(C3(O)CCOCC3)c1)CCCN2C(N)=O. The molecule has 28 heavy (non-hydrogen) atoms. The van der Waals surface area contributed by atoms with Gasteiger partial charge in [-0.1, -0.05) is 0 Å². The molecule has 2 aliphatic heterocycles. The van der Waals surface area contributed by atoms with Crippen LogP contribution >= 0.6 is 0 Å². The summed E-state index contributed by atoms with van der Waals surface area (Å²) in [4.78, 5) is 21.8. The molecule has 2 aliphatic rings. The van der Waals surface area contributed by atoms with Gasteiger partial charge >= 0.3 is 6.03 Å². The number of primary amides is 1. The number of amides is 2. The Morgan fingerprint density at radius 1 is 1.32 bits per heavy atom. The number of anilines is 1. The Bertz CT molecular complexity index is 963. The Morgan fingerprint density at radius 3 is 2.82 bits per heavy atom. The fourth-order valence-electron chi connectivity index (χ4n) is 3.86. The van der Waals surface area contributed by atoms with Crippen LogP contribution in [0.1, 0.15) is 36.1 Å². The molecule has 2 amide bonds. The van der Waals surface area contributed by atoms with Crippen molar-refractivity contribution >= 4 is 11.8 Å². The summed E-state index contributed by atoms with van der Waals surface area (Å²) in [5, 5.41) is 20.6. The Labute approximate surface area is 162 Å². The molecular weight excluding hydrogens is 358 g/mol. The second kappa shape index (κ2) is 7.19. The molecule has 1 fully saturated rings. The maximum absolute atomic E-state index is 11.7. The average Bonchev–Trinajstić information content (AvgIpc) is 2.72. The van der Waals surface area contributed by atoms with Gasteiger partial charge in [-0.2, -0.15) is 5.26 Å². The second-order valence-corrected chi connectivity index (χ2v) is 7.18. The largest absolute Gasteiger partial charge is 0.385 e. The molecule has 0 spiro atoms. The molecule has 0 saturated carbocycles. The second-order valence-electron chi connectivity index (χ2n) is 7.18. The van der Waals surface area contributed by atoms with E-state index in [2.05, 4.69) is 16.0 Å². The van der Waals surface area contributed by atoms with Crippen molar-refractivity contribution in [3.63, 3.8) is 0 Å². The first-order chi connectivity index (χ1) is 13.5. The highest BCUT2D eigenvalue weighted by Crippen LogP contribution is 2.36. The molecule has 1 saturated heterocycles. The van der Waals surface area contributed by atoms with Crippen LogP contribution in [-0.2, 0) is 16.8 Å². The number of carbonyl (C=O) groups excluding carboxylic acids is 1. The number of pyridine rings is 2. The van der Waals surface area contributed by atoms with E-state index in [0.29, 0.717) is 55.1 Å². The van der Waals surface area contributed by atoms with Crippen molar-refractivity contribution in [1.82, 2.24) is 9.97 Å². The van der Waals surface area contributed by atoms with Crippen molar-refractivity contribution in [2.75, 3.05) is 24.7 Å². The van der Waals surface area contributed by atoms with Crippen LogP contribution in [-0.4, -0.2) is 40.9 Å². The van der Waals surface area contributed by atoms with Crippen molar-refractivity contribution < 1.29 is 14.6 Å². The number of hydrogen-bond donors (Lipinski definition) is 2. The zero-order chi connectivity index (χ0) is 19.7. The lowest BCUT2D eigenvalue weighted by Crippen LogP contribution is -2.40. The van der Waals surface area contributed by atoms with Gasteiger partial charge in [0.2, 0.25) is 0 Å². The zero-order valence-corrected chi connectivity index (χ0v) is 15.4.